The van der Waals surface area contributed by atoms with E-state index in [-0.39, 0.29) is 12.6 Å². The third-order valence-electron chi connectivity index (χ3n) is 3.59. The van der Waals surface area contributed by atoms with Crippen LogP contribution < -0.4 is 0 Å². The first-order chi connectivity index (χ1) is 10.5. The first-order valence-electron chi connectivity index (χ1n) is 8.56. The average Bonchev–Trinajstić information content (AvgIpc) is 2.43. The lowest BCUT2D eigenvalue weighted by Gasteiger charge is -2.04. The molecule has 0 aliphatic heterocycles. The minimum atomic E-state index is -4.04. The number of carbonyl (C=O) groups excluding carboxylic acids is 1. The van der Waals surface area contributed by atoms with Gasteiger partial charge in [0.25, 0.3) is 10.1 Å². The molecule has 0 spiro atoms. The van der Waals surface area contributed by atoms with E-state index >= 15 is 0 Å². The van der Waals surface area contributed by atoms with Gasteiger partial charge in [-0.05, 0) is 6.42 Å². The summed E-state index contributed by atoms with van der Waals surface area (Å²) < 4.78 is 34.1. The highest BCUT2D eigenvalue weighted by molar-refractivity contribution is 7.85. The maximum Gasteiger partial charge on any atom is 0.305 e. The van der Waals surface area contributed by atoms with Gasteiger partial charge in [-0.2, -0.15) is 8.42 Å². The SMILES string of the molecule is CCCCCCCCCCCCCC(=O)OCCS(=O)(=O)O. The molecule has 0 atom stereocenters. The Morgan fingerprint density at radius 2 is 1.32 bits per heavy atom. The van der Waals surface area contributed by atoms with Gasteiger partial charge in [0.15, 0.2) is 0 Å². The van der Waals surface area contributed by atoms with Gasteiger partial charge in [0.2, 0.25) is 0 Å². The average molecular weight is 336 g/mol. The molecule has 0 aliphatic carbocycles. The summed E-state index contributed by atoms with van der Waals surface area (Å²) in [7, 11) is -4.04. The molecule has 22 heavy (non-hydrogen) atoms. The number of ether oxygens (including phenoxy) is 1. The number of esters is 1. The van der Waals surface area contributed by atoms with E-state index in [1.54, 1.807) is 0 Å². The van der Waals surface area contributed by atoms with Crippen LogP contribution in [0.3, 0.4) is 0 Å². The van der Waals surface area contributed by atoms with E-state index in [9.17, 15) is 13.2 Å². The van der Waals surface area contributed by atoms with Gasteiger partial charge in [0.05, 0.1) is 0 Å². The van der Waals surface area contributed by atoms with E-state index in [4.69, 9.17) is 9.29 Å². The molecule has 5 nitrogen and oxygen atoms in total. The number of unbranched alkanes of at least 4 members (excludes halogenated alkanes) is 10. The topological polar surface area (TPSA) is 80.7 Å². The largest absolute Gasteiger partial charge is 0.464 e. The van der Waals surface area contributed by atoms with E-state index in [1.165, 1.54) is 51.4 Å². The molecule has 0 aromatic heterocycles. The molecule has 1 N–H and O–H groups in total. The quantitative estimate of drug-likeness (QED) is 0.276. The molecule has 0 saturated carbocycles. The monoisotopic (exact) mass is 336 g/mol. The van der Waals surface area contributed by atoms with Crippen LogP contribution >= 0.6 is 0 Å². The van der Waals surface area contributed by atoms with Crippen molar-refractivity contribution < 1.29 is 22.5 Å². The number of rotatable bonds is 15. The van der Waals surface area contributed by atoms with Gasteiger partial charge in [0.1, 0.15) is 12.4 Å². The smallest absolute Gasteiger partial charge is 0.305 e. The fourth-order valence-electron chi connectivity index (χ4n) is 2.27. The normalized spacial score (nSPS) is 11.5. The predicted molar refractivity (Wildman–Crippen MR) is 88.5 cm³/mol. The van der Waals surface area contributed by atoms with Crippen LogP contribution in [-0.4, -0.2) is 31.3 Å². The molecule has 0 aromatic carbocycles. The van der Waals surface area contributed by atoms with Gasteiger partial charge in [0, 0.05) is 6.42 Å². The first-order valence-corrected chi connectivity index (χ1v) is 10.2. The second kappa shape index (κ2) is 14.0. The van der Waals surface area contributed by atoms with Crippen LogP contribution in [0.4, 0.5) is 0 Å². The third-order valence-corrected chi connectivity index (χ3v) is 4.27. The molecule has 0 aromatic rings. The number of hydrogen-bond acceptors (Lipinski definition) is 4. The molecule has 132 valence electrons. The summed E-state index contributed by atoms with van der Waals surface area (Å²) in [4.78, 5) is 11.3. The van der Waals surface area contributed by atoms with E-state index in [1.807, 2.05) is 0 Å². The van der Waals surface area contributed by atoms with Crippen molar-refractivity contribution in [2.24, 2.45) is 0 Å². The van der Waals surface area contributed by atoms with Crippen molar-refractivity contribution in [1.29, 1.82) is 0 Å². The van der Waals surface area contributed by atoms with Crippen molar-refractivity contribution in [3.63, 3.8) is 0 Å². The number of hydrogen-bond donors (Lipinski definition) is 1. The summed E-state index contributed by atoms with van der Waals surface area (Å²) in [6.07, 6.45) is 13.7. The van der Waals surface area contributed by atoms with E-state index in [2.05, 4.69) is 6.92 Å². The van der Waals surface area contributed by atoms with Crippen molar-refractivity contribution in [3.05, 3.63) is 0 Å². The number of carbonyl (C=O) groups is 1. The Hall–Kier alpha value is -0.620. The Bertz CT molecular complexity index is 365. The Labute approximate surface area is 135 Å². The van der Waals surface area contributed by atoms with Crippen LogP contribution in [0.1, 0.15) is 84.0 Å². The van der Waals surface area contributed by atoms with Crippen LogP contribution in [0.2, 0.25) is 0 Å². The van der Waals surface area contributed by atoms with Gasteiger partial charge >= 0.3 is 5.97 Å². The molecule has 0 unspecified atom stereocenters. The Balaban J connectivity index is 3.23. The molecule has 0 bridgehead atoms. The summed E-state index contributed by atoms with van der Waals surface area (Å²) in [6, 6.07) is 0. The fraction of sp³-hybridized carbons (Fsp3) is 0.938. The molecule has 0 fully saturated rings. The zero-order valence-corrected chi connectivity index (χ0v) is 14.7. The van der Waals surface area contributed by atoms with Crippen molar-refractivity contribution in [1.82, 2.24) is 0 Å². The van der Waals surface area contributed by atoms with Gasteiger partial charge in [-0.1, -0.05) is 71.1 Å². The summed E-state index contributed by atoms with van der Waals surface area (Å²) in [5, 5.41) is 0. The van der Waals surface area contributed by atoms with Gasteiger partial charge < -0.3 is 4.74 Å². The van der Waals surface area contributed by atoms with E-state index in [0.717, 1.165) is 19.3 Å². The van der Waals surface area contributed by atoms with Gasteiger partial charge in [-0.25, -0.2) is 0 Å². The van der Waals surface area contributed by atoms with Gasteiger partial charge in [-0.3, -0.25) is 9.35 Å². The maximum atomic E-state index is 11.3. The van der Waals surface area contributed by atoms with Crippen LogP contribution in [0.15, 0.2) is 0 Å². The Morgan fingerprint density at radius 3 is 1.77 bits per heavy atom. The Kier molecular flexibility index (Phi) is 13.6. The second-order valence-electron chi connectivity index (χ2n) is 5.79. The molecule has 0 rings (SSSR count). The standard InChI is InChI=1S/C16H32O5S/c1-2-3-4-5-6-7-8-9-10-11-12-13-16(17)21-14-15-22(18,19)20/h2-15H2,1H3,(H,18,19,20). The minimum absolute atomic E-state index is 0.268. The summed E-state index contributed by atoms with van der Waals surface area (Å²) in [5.74, 6) is -0.920. The van der Waals surface area contributed by atoms with Crippen LogP contribution in [0.25, 0.3) is 0 Å². The molecule has 0 saturated heterocycles. The Morgan fingerprint density at radius 1 is 0.864 bits per heavy atom. The lowest BCUT2D eigenvalue weighted by molar-refractivity contribution is -0.143. The summed E-state index contributed by atoms with van der Waals surface area (Å²) in [5.41, 5.74) is 0. The minimum Gasteiger partial charge on any atom is -0.464 e. The molecule has 0 heterocycles. The highest BCUT2D eigenvalue weighted by Gasteiger charge is 2.07. The first kappa shape index (κ1) is 21.4. The van der Waals surface area contributed by atoms with Crippen LogP contribution in [0, 0.1) is 0 Å². The summed E-state index contributed by atoms with van der Waals surface area (Å²) in [6.45, 7) is 1.96. The lowest BCUT2D eigenvalue weighted by Crippen LogP contribution is -2.14. The maximum absolute atomic E-state index is 11.3. The molecule has 0 amide bonds. The van der Waals surface area contributed by atoms with Crippen molar-refractivity contribution in [3.8, 4) is 0 Å². The molecular formula is C16H32O5S. The van der Waals surface area contributed by atoms with Crippen LogP contribution in [-0.2, 0) is 19.6 Å². The van der Waals surface area contributed by atoms with E-state index < -0.39 is 15.9 Å². The fourth-order valence-corrected chi connectivity index (χ4v) is 2.56. The van der Waals surface area contributed by atoms with E-state index in [0.29, 0.717) is 6.42 Å². The van der Waals surface area contributed by atoms with Crippen molar-refractivity contribution in [2.75, 3.05) is 12.4 Å². The zero-order chi connectivity index (χ0) is 16.7. The zero-order valence-electron chi connectivity index (χ0n) is 13.9. The second-order valence-corrected chi connectivity index (χ2v) is 7.36. The molecule has 6 heteroatoms. The molecule has 0 radical (unpaired) electrons. The lowest BCUT2D eigenvalue weighted by atomic mass is 10.1. The third kappa shape index (κ3) is 17.4. The van der Waals surface area contributed by atoms with Crippen molar-refractivity contribution in [2.45, 2.75) is 84.0 Å². The molecule has 0 aliphatic rings. The predicted octanol–water partition coefficient (Wildman–Crippen LogP) is 4.12. The van der Waals surface area contributed by atoms with Gasteiger partial charge in [-0.15, -0.1) is 0 Å². The highest BCUT2D eigenvalue weighted by atomic mass is 32.2. The van der Waals surface area contributed by atoms with Crippen molar-refractivity contribution >= 4 is 16.1 Å². The van der Waals surface area contributed by atoms with Crippen LogP contribution in [0.5, 0.6) is 0 Å². The summed E-state index contributed by atoms with van der Waals surface area (Å²) >= 11 is 0. The molecular weight excluding hydrogens is 304 g/mol. The highest BCUT2D eigenvalue weighted by Crippen LogP contribution is 2.12.